The molecule has 0 aliphatic heterocycles. The van der Waals surface area contributed by atoms with Crippen LogP contribution >= 0.6 is 46.4 Å². The number of hydrogen-bond acceptors (Lipinski definition) is 10. The van der Waals surface area contributed by atoms with Crippen molar-refractivity contribution in [1.82, 2.24) is 10.6 Å². The third-order valence-corrected chi connectivity index (χ3v) is 18.0. The van der Waals surface area contributed by atoms with Gasteiger partial charge in [0.25, 0.3) is 0 Å². The van der Waals surface area contributed by atoms with Crippen molar-refractivity contribution in [3.05, 3.63) is 128 Å². The topological polar surface area (TPSA) is 193 Å². The van der Waals surface area contributed by atoms with Gasteiger partial charge in [0.1, 0.15) is 11.1 Å². The number of benzene rings is 4. The Bertz CT molecular complexity index is 2500. The number of sulfone groups is 2. The van der Waals surface area contributed by atoms with E-state index >= 15 is 0 Å². The molecule has 336 valence electrons. The van der Waals surface area contributed by atoms with Gasteiger partial charge in [0, 0.05) is 10.0 Å². The van der Waals surface area contributed by atoms with Gasteiger partial charge in [-0.1, -0.05) is 94.9 Å². The van der Waals surface area contributed by atoms with Gasteiger partial charge in [-0.05, 0) is 111 Å². The number of nitrogens with one attached hydrogen (secondary N) is 2. The van der Waals surface area contributed by atoms with Crippen molar-refractivity contribution < 1.29 is 35.9 Å². The number of nitrogens with zero attached hydrogens (tertiary/aromatic N) is 2. The van der Waals surface area contributed by atoms with Crippen molar-refractivity contribution in [1.29, 1.82) is 10.5 Å². The maximum absolute atomic E-state index is 13.3. The lowest BCUT2D eigenvalue weighted by Gasteiger charge is -2.21. The summed E-state index contributed by atoms with van der Waals surface area (Å²) in [6.07, 6.45) is 1.71. The highest BCUT2D eigenvalue weighted by atomic mass is 35.5. The van der Waals surface area contributed by atoms with Gasteiger partial charge in [-0.15, -0.1) is 0 Å². The number of nitriles is 2. The summed E-state index contributed by atoms with van der Waals surface area (Å²) in [6, 6.07) is 31.1. The minimum Gasteiger partial charge on any atom is -0.373 e. The molecule has 0 unspecified atom stereocenters. The van der Waals surface area contributed by atoms with Gasteiger partial charge in [-0.2, -0.15) is 10.5 Å². The number of amides is 2. The Kier molecular flexibility index (Phi) is 14.7. The first-order chi connectivity index (χ1) is 30.5. The zero-order valence-corrected chi connectivity index (χ0v) is 38.9. The summed E-state index contributed by atoms with van der Waals surface area (Å²) in [5.74, 6) is -2.06. The Balaban J connectivity index is 0.000000191. The second-order valence-corrected chi connectivity index (χ2v) is 22.7. The van der Waals surface area contributed by atoms with Crippen LogP contribution in [-0.2, 0) is 52.0 Å². The van der Waals surface area contributed by atoms with Gasteiger partial charge in [0.15, 0.2) is 19.7 Å². The van der Waals surface area contributed by atoms with Gasteiger partial charge in [-0.3, -0.25) is 9.59 Å². The molecule has 4 aromatic carbocycles. The molecule has 0 saturated heterocycles. The zero-order valence-electron chi connectivity index (χ0n) is 34.3. The summed E-state index contributed by atoms with van der Waals surface area (Å²) in [5, 5.41) is 24.1. The molecule has 0 bridgehead atoms. The molecular weight excluding hydrogens is 942 g/mol. The van der Waals surface area contributed by atoms with Gasteiger partial charge < -0.3 is 20.1 Å². The van der Waals surface area contributed by atoms with E-state index in [1.165, 1.54) is 24.3 Å². The molecule has 0 heterocycles. The van der Waals surface area contributed by atoms with E-state index in [0.29, 0.717) is 35.7 Å². The third kappa shape index (κ3) is 11.1. The molecule has 2 amide bonds. The summed E-state index contributed by atoms with van der Waals surface area (Å²) < 4.78 is 65.3. The standard InChI is InChI=1S/2C23H22Cl2N2O4S/c2*24-16-7-5-15(6-8-16)13-31-20-12-17(32(29,30)21-4-2-1-3-19(21)25)11-18(20)22(28)27-23(14-26)9-10-23/h2*1-8,17-18,20H,9-13H2,(H,27,28)/t2*17-,18-,20-/m10/s1. The number of carbonyl (C=O) groups excluding carboxylic acids is 2. The van der Waals surface area contributed by atoms with Crippen LogP contribution in [0.25, 0.3) is 0 Å². The van der Waals surface area contributed by atoms with Gasteiger partial charge >= 0.3 is 0 Å². The van der Waals surface area contributed by atoms with Crippen molar-refractivity contribution in [2.24, 2.45) is 11.8 Å². The Labute approximate surface area is 393 Å². The van der Waals surface area contributed by atoms with E-state index in [4.69, 9.17) is 55.9 Å². The summed E-state index contributed by atoms with van der Waals surface area (Å²) in [5.41, 5.74) is 0.0537. The molecule has 0 radical (unpaired) electrons. The lowest BCUT2D eigenvalue weighted by atomic mass is 10.0. The molecule has 64 heavy (non-hydrogen) atoms. The normalized spacial score (nSPS) is 24.0. The SMILES string of the molecule is N#CC1(NC(=O)[C@@H]2C[C@@H](S(=O)(=O)c3ccccc3Cl)C[C@H]2OCc2ccc(Cl)cc2)CC1.N#CC1(NC(=O)[C@H]2C[C@H](S(=O)(=O)c3ccccc3Cl)C[C@@H]2OCc2ccc(Cl)cc2)CC1. The van der Waals surface area contributed by atoms with Crippen molar-refractivity contribution in [2.75, 3.05) is 0 Å². The largest absolute Gasteiger partial charge is 0.373 e. The number of ether oxygens (including phenoxy) is 2. The Morgan fingerprint density at radius 1 is 0.562 bits per heavy atom. The van der Waals surface area contributed by atoms with Crippen molar-refractivity contribution >= 4 is 77.9 Å². The first-order valence-corrected chi connectivity index (χ1v) is 25.2. The van der Waals surface area contributed by atoms with E-state index in [1.807, 2.05) is 24.3 Å². The number of rotatable bonds is 14. The molecule has 12 nitrogen and oxygen atoms in total. The molecule has 6 atom stereocenters. The molecular formula is C46H44Cl4N4O8S2. The summed E-state index contributed by atoms with van der Waals surface area (Å²) >= 11 is 24.2. The van der Waals surface area contributed by atoms with Crippen LogP contribution in [0.3, 0.4) is 0 Å². The predicted molar refractivity (Wildman–Crippen MR) is 242 cm³/mol. The molecule has 4 saturated carbocycles. The molecule has 2 N–H and O–H groups in total. The van der Waals surface area contributed by atoms with E-state index in [0.717, 1.165) is 11.1 Å². The van der Waals surface area contributed by atoms with Crippen LogP contribution in [0.4, 0.5) is 0 Å². The fraction of sp³-hybridized carbons (Fsp3) is 0.391. The van der Waals surface area contributed by atoms with Crippen LogP contribution in [0.5, 0.6) is 0 Å². The molecule has 8 rings (SSSR count). The lowest BCUT2D eigenvalue weighted by Crippen LogP contribution is -2.42. The Morgan fingerprint density at radius 2 is 0.906 bits per heavy atom. The van der Waals surface area contributed by atoms with E-state index in [2.05, 4.69) is 22.8 Å². The summed E-state index contributed by atoms with van der Waals surface area (Å²) in [6.45, 7) is 0.432. The van der Waals surface area contributed by atoms with Crippen LogP contribution in [0, 0.1) is 34.5 Å². The second kappa shape index (κ2) is 19.7. The maximum Gasteiger partial charge on any atom is 0.227 e. The minimum atomic E-state index is -3.77. The highest BCUT2D eigenvalue weighted by molar-refractivity contribution is 7.92. The molecule has 4 fully saturated rings. The Hall–Kier alpha value is -4.22. The molecule has 18 heteroatoms. The smallest absolute Gasteiger partial charge is 0.227 e. The van der Waals surface area contributed by atoms with Crippen LogP contribution in [0.15, 0.2) is 107 Å². The van der Waals surface area contributed by atoms with Gasteiger partial charge in [-0.25, -0.2) is 16.8 Å². The average molecular weight is 987 g/mol. The fourth-order valence-electron chi connectivity index (χ4n) is 8.05. The van der Waals surface area contributed by atoms with Crippen molar-refractivity contribution in [2.45, 2.75) is 108 Å². The third-order valence-electron chi connectivity index (χ3n) is 12.2. The second-order valence-electron chi connectivity index (χ2n) is 16.7. The van der Waals surface area contributed by atoms with E-state index in [1.54, 1.807) is 48.5 Å². The predicted octanol–water partition coefficient (Wildman–Crippen LogP) is 8.61. The fourth-order valence-corrected chi connectivity index (χ4v) is 13.0. The average Bonchev–Trinajstić information content (AvgIpc) is 4.13. The minimum absolute atomic E-state index is 0.0554. The highest BCUT2D eigenvalue weighted by Gasteiger charge is 2.52. The molecule has 4 aliphatic rings. The van der Waals surface area contributed by atoms with E-state index in [9.17, 15) is 36.9 Å². The van der Waals surface area contributed by atoms with Gasteiger partial charge in [0.05, 0.1) is 79.7 Å². The summed E-state index contributed by atoms with van der Waals surface area (Å²) in [7, 11) is -7.53. The van der Waals surface area contributed by atoms with E-state index < -0.39 is 65.3 Å². The van der Waals surface area contributed by atoms with Gasteiger partial charge in [0.2, 0.25) is 11.8 Å². The molecule has 4 aromatic rings. The van der Waals surface area contributed by atoms with Crippen LogP contribution in [-0.4, -0.2) is 62.4 Å². The van der Waals surface area contributed by atoms with E-state index in [-0.39, 0.29) is 70.5 Å². The summed E-state index contributed by atoms with van der Waals surface area (Å²) in [4.78, 5) is 26.2. The monoisotopic (exact) mass is 984 g/mol. The van der Waals surface area contributed by atoms with Crippen molar-refractivity contribution in [3.63, 3.8) is 0 Å². The molecule has 4 aliphatic carbocycles. The lowest BCUT2D eigenvalue weighted by molar-refractivity contribution is -0.131. The maximum atomic E-state index is 13.3. The quantitative estimate of drug-likeness (QED) is 0.124. The molecule has 0 aromatic heterocycles. The molecule has 0 spiro atoms. The highest BCUT2D eigenvalue weighted by Crippen LogP contribution is 2.42. The first-order valence-electron chi connectivity index (χ1n) is 20.6. The zero-order chi connectivity index (χ0) is 45.9. The van der Waals surface area contributed by atoms with Crippen LogP contribution < -0.4 is 10.6 Å². The number of halogens is 4. The Morgan fingerprint density at radius 3 is 1.22 bits per heavy atom. The first kappa shape index (κ1) is 47.7. The van der Waals surface area contributed by atoms with Crippen molar-refractivity contribution in [3.8, 4) is 12.1 Å². The van der Waals surface area contributed by atoms with Crippen LogP contribution in [0.1, 0.15) is 62.5 Å². The number of carbonyl (C=O) groups is 2. The van der Waals surface area contributed by atoms with Crippen LogP contribution in [0.2, 0.25) is 20.1 Å². The number of hydrogen-bond donors (Lipinski definition) is 2.